The van der Waals surface area contributed by atoms with E-state index < -0.39 is 12.0 Å². The lowest BCUT2D eigenvalue weighted by molar-refractivity contribution is -0.139. The third kappa shape index (κ3) is 5.39. The third-order valence-corrected chi connectivity index (χ3v) is 7.30. The van der Waals surface area contributed by atoms with Gasteiger partial charge in [-0.1, -0.05) is 22.9 Å². The van der Waals surface area contributed by atoms with Crippen LogP contribution < -0.4 is 33.8 Å². The standard InChI is InChI=1S/C28H29ClN2O7S/c1-7-37-19-10-9-18(29)11-16(19)14-22-26(32)31-24(17-12-20(34-4)25(36-6)21(13-17)35-5)23(27(33)38-8-2)15(3)30-28(31)39-22/h9-14,24H,7-8H2,1-6H3/b22-14-/t24-/m0/s1. The average molecular weight is 573 g/mol. The zero-order valence-electron chi connectivity index (χ0n) is 22.5. The maximum Gasteiger partial charge on any atom is 0.338 e. The molecule has 11 heteroatoms. The molecular weight excluding hydrogens is 544 g/mol. The van der Waals surface area contributed by atoms with E-state index in [0.29, 0.717) is 60.8 Å². The second-order valence-corrected chi connectivity index (χ2v) is 9.82. The predicted octanol–water partition coefficient (Wildman–Crippen LogP) is 3.88. The SMILES string of the molecule is CCOC(=O)C1=C(C)N=c2s/c(=C\c3cc(Cl)ccc3OCC)c(=O)n2[C@H]1c1cc(OC)c(OC)c(OC)c1. The molecule has 2 heterocycles. The summed E-state index contributed by atoms with van der Waals surface area (Å²) in [7, 11) is 4.51. The third-order valence-electron chi connectivity index (χ3n) is 6.08. The molecule has 2 aromatic carbocycles. The van der Waals surface area contributed by atoms with Crippen LogP contribution in [0.25, 0.3) is 6.08 Å². The van der Waals surface area contributed by atoms with Gasteiger partial charge in [0.05, 0.1) is 56.4 Å². The number of methoxy groups -OCH3 is 3. The fourth-order valence-electron chi connectivity index (χ4n) is 4.43. The van der Waals surface area contributed by atoms with Gasteiger partial charge in [-0.25, -0.2) is 9.79 Å². The van der Waals surface area contributed by atoms with Crippen LogP contribution in [0, 0.1) is 0 Å². The van der Waals surface area contributed by atoms with Gasteiger partial charge in [0.15, 0.2) is 16.3 Å². The molecule has 0 fully saturated rings. The van der Waals surface area contributed by atoms with Crippen LogP contribution >= 0.6 is 22.9 Å². The van der Waals surface area contributed by atoms with Gasteiger partial charge in [-0.05, 0) is 62.7 Å². The van der Waals surface area contributed by atoms with Gasteiger partial charge in [0, 0.05) is 10.6 Å². The van der Waals surface area contributed by atoms with Crippen LogP contribution in [0.2, 0.25) is 5.02 Å². The van der Waals surface area contributed by atoms with E-state index >= 15 is 0 Å². The van der Waals surface area contributed by atoms with E-state index in [1.807, 2.05) is 6.92 Å². The van der Waals surface area contributed by atoms with Gasteiger partial charge in [0.1, 0.15) is 5.75 Å². The zero-order chi connectivity index (χ0) is 28.3. The largest absolute Gasteiger partial charge is 0.493 e. The highest BCUT2D eigenvalue weighted by Crippen LogP contribution is 2.42. The number of aromatic nitrogens is 1. The summed E-state index contributed by atoms with van der Waals surface area (Å²) < 4.78 is 29.6. The molecule has 1 atom stereocenters. The number of fused-ring (bicyclic) bond motifs is 1. The highest BCUT2D eigenvalue weighted by molar-refractivity contribution is 7.07. The van der Waals surface area contributed by atoms with Crippen molar-refractivity contribution >= 4 is 35.0 Å². The Balaban J connectivity index is 2.02. The summed E-state index contributed by atoms with van der Waals surface area (Å²) in [6, 6.07) is 7.79. The first-order valence-electron chi connectivity index (χ1n) is 12.2. The summed E-state index contributed by atoms with van der Waals surface area (Å²) in [6.45, 7) is 5.93. The summed E-state index contributed by atoms with van der Waals surface area (Å²) in [5.41, 5.74) is 1.56. The number of esters is 1. The smallest absolute Gasteiger partial charge is 0.338 e. The molecule has 0 N–H and O–H groups in total. The van der Waals surface area contributed by atoms with Crippen LogP contribution in [0.3, 0.4) is 0 Å². The molecule has 0 spiro atoms. The van der Waals surface area contributed by atoms with E-state index in [9.17, 15) is 9.59 Å². The number of hydrogen-bond donors (Lipinski definition) is 0. The number of thiazole rings is 1. The molecule has 3 aromatic rings. The van der Waals surface area contributed by atoms with Crippen molar-refractivity contribution in [3.05, 3.63) is 77.4 Å². The number of benzene rings is 2. The minimum atomic E-state index is -0.859. The number of ether oxygens (including phenoxy) is 5. The summed E-state index contributed by atoms with van der Waals surface area (Å²) in [5.74, 6) is 1.18. The van der Waals surface area contributed by atoms with Crippen LogP contribution in [0.5, 0.6) is 23.0 Å². The van der Waals surface area contributed by atoms with E-state index in [1.165, 1.54) is 37.2 Å². The molecule has 0 saturated heterocycles. The first-order chi connectivity index (χ1) is 18.8. The van der Waals surface area contributed by atoms with Gasteiger partial charge >= 0.3 is 5.97 Å². The van der Waals surface area contributed by atoms with Crippen molar-refractivity contribution in [2.24, 2.45) is 4.99 Å². The monoisotopic (exact) mass is 572 g/mol. The van der Waals surface area contributed by atoms with Crippen molar-refractivity contribution in [1.29, 1.82) is 0 Å². The Kier molecular flexibility index (Phi) is 8.66. The summed E-state index contributed by atoms with van der Waals surface area (Å²) in [6.07, 6.45) is 1.72. The molecule has 1 aromatic heterocycles. The predicted molar refractivity (Wildman–Crippen MR) is 149 cm³/mol. The molecule has 1 aliphatic rings. The number of allylic oxidation sites excluding steroid dienone is 1. The Morgan fingerprint density at radius 1 is 1.05 bits per heavy atom. The number of rotatable bonds is 9. The molecule has 9 nitrogen and oxygen atoms in total. The van der Waals surface area contributed by atoms with Crippen molar-refractivity contribution < 1.29 is 28.5 Å². The Bertz CT molecular complexity index is 1600. The Hall–Kier alpha value is -3.76. The molecule has 0 unspecified atom stereocenters. The van der Waals surface area contributed by atoms with E-state index in [0.717, 1.165) is 0 Å². The van der Waals surface area contributed by atoms with E-state index in [2.05, 4.69) is 4.99 Å². The molecular formula is C28H29ClN2O7S. The first kappa shape index (κ1) is 28.3. The maximum absolute atomic E-state index is 14.0. The molecule has 4 rings (SSSR count). The number of nitrogens with zero attached hydrogens (tertiary/aromatic N) is 2. The van der Waals surface area contributed by atoms with Crippen LogP contribution in [0.15, 0.2) is 51.4 Å². The summed E-state index contributed by atoms with van der Waals surface area (Å²) in [5, 5.41) is 0.508. The Morgan fingerprint density at radius 3 is 2.33 bits per heavy atom. The lowest BCUT2D eigenvalue weighted by Crippen LogP contribution is -2.40. The van der Waals surface area contributed by atoms with Gasteiger partial charge in [-0.3, -0.25) is 9.36 Å². The second-order valence-electron chi connectivity index (χ2n) is 8.38. The van der Waals surface area contributed by atoms with Gasteiger partial charge in [0.2, 0.25) is 5.75 Å². The molecule has 0 aliphatic carbocycles. The quantitative estimate of drug-likeness (QED) is 0.359. The van der Waals surface area contributed by atoms with Gasteiger partial charge in [-0.2, -0.15) is 0 Å². The average Bonchev–Trinajstić information content (AvgIpc) is 3.22. The molecule has 206 valence electrons. The van der Waals surface area contributed by atoms with Crippen molar-refractivity contribution in [1.82, 2.24) is 4.57 Å². The van der Waals surface area contributed by atoms with Crippen molar-refractivity contribution in [2.75, 3.05) is 34.5 Å². The van der Waals surface area contributed by atoms with Crippen molar-refractivity contribution in [3.63, 3.8) is 0 Å². The zero-order valence-corrected chi connectivity index (χ0v) is 24.1. The van der Waals surface area contributed by atoms with Crippen molar-refractivity contribution in [2.45, 2.75) is 26.8 Å². The molecule has 0 saturated carbocycles. The Morgan fingerprint density at radius 2 is 1.74 bits per heavy atom. The van der Waals surface area contributed by atoms with Crippen LogP contribution in [0.4, 0.5) is 0 Å². The lowest BCUT2D eigenvalue weighted by Gasteiger charge is -2.26. The van der Waals surface area contributed by atoms with Crippen molar-refractivity contribution in [3.8, 4) is 23.0 Å². The fourth-order valence-corrected chi connectivity index (χ4v) is 5.64. The van der Waals surface area contributed by atoms with E-state index in [-0.39, 0.29) is 17.7 Å². The number of halogens is 1. The van der Waals surface area contributed by atoms with Gasteiger partial charge in [0.25, 0.3) is 5.56 Å². The van der Waals surface area contributed by atoms with Crippen LogP contribution in [-0.2, 0) is 9.53 Å². The topological polar surface area (TPSA) is 97.6 Å². The van der Waals surface area contributed by atoms with Crippen LogP contribution in [-0.4, -0.2) is 45.1 Å². The van der Waals surface area contributed by atoms with Crippen LogP contribution in [0.1, 0.15) is 37.9 Å². The molecule has 0 bridgehead atoms. The number of carbonyl (C=O) groups excluding carboxylic acids is 1. The Labute approximate surface area is 234 Å². The lowest BCUT2D eigenvalue weighted by atomic mass is 9.95. The highest BCUT2D eigenvalue weighted by atomic mass is 35.5. The molecule has 0 amide bonds. The van der Waals surface area contributed by atoms with Gasteiger partial charge in [-0.15, -0.1) is 0 Å². The number of carbonyl (C=O) groups is 1. The van der Waals surface area contributed by atoms with Gasteiger partial charge < -0.3 is 23.7 Å². The molecule has 39 heavy (non-hydrogen) atoms. The van der Waals surface area contributed by atoms with E-state index in [4.69, 9.17) is 35.3 Å². The minimum absolute atomic E-state index is 0.164. The minimum Gasteiger partial charge on any atom is -0.493 e. The molecule has 1 aliphatic heterocycles. The fraction of sp³-hybridized carbons (Fsp3) is 0.321. The maximum atomic E-state index is 14.0. The molecule has 0 radical (unpaired) electrons. The second kappa shape index (κ2) is 12.0. The number of hydrogen-bond acceptors (Lipinski definition) is 9. The first-order valence-corrected chi connectivity index (χ1v) is 13.4. The van der Waals surface area contributed by atoms with E-state index in [1.54, 1.807) is 50.3 Å². The highest BCUT2D eigenvalue weighted by Gasteiger charge is 2.34. The summed E-state index contributed by atoms with van der Waals surface area (Å²) in [4.78, 5) is 32.2. The summed E-state index contributed by atoms with van der Waals surface area (Å²) >= 11 is 7.45. The normalized spacial score (nSPS) is 14.9.